The van der Waals surface area contributed by atoms with Gasteiger partial charge in [0.05, 0.1) is 5.41 Å². The summed E-state index contributed by atoms with van der Waals surface area (Å²) in [6.07, 6.45) is 0. The Morgan fingerprint density at radius 2 is 0.891 bits per heavy atom. The Kier molecular flexibility index (Phi) is 7.11. The maximum atomic E-state index is 6.99. The SMILES string of the molecule is c1ccc(-c2ccc(N(c3ccccc3)c3ccc(C4(c5cc6ccccc6c6c5oc5ccccc56)c5ccccc5-c5ccccc54)cc3)cc2)cc1. The van der Waals surface area contributed by atoms with Gasteiger partial charge < -0.3 is 9.32 Å². The fourth-order valence-corrected chi connectivity index (χ4v) is 9.16. The molecular formula is C53H35NO. The number of benzene rings is 9. The van der Waals surface area contributed by atoms with E-state index < -0.39 is 5.41 Å². The number of furan rings is 1. The number of para-hydroxylation sites is 2. The smallest absolute Gasteiger partial charge is 0.140 e. The molecule has 0 atom stereocenters. The number of nitrogens with zero attached hydrogens (tertiary/aromatic N) is 1. The quantitative estimate of drug-likeness (QED) is 0.172. The summed E-state index contributed by atoms with van der Waals surface area (Å²) in [6.45, 7) is 0. The molecule has 0 spiro atoms. The summed E-state index contributed by atoms with van der Waals surface area (Å²) >= 11 is 0. The van der Waals surface area contributed by atoms with Gasteiger partial charge in [0.1, 0.15) is 11.2 Å². The molecular weight excluding hydrogens is 667 g/mol. The molecule has 1 aliphatic carbocycles. The predicted octanol–water partition coefficient (Wildman–Crippen LogP) is 14.2. The van der Waals surface area contributed by atoms with E-state index in [0.29, 0.717) is 0 Å². The third-order valence-corrected chi connectivity index (χ3v) is 11.5. The first-order chi connectivity index (χ1) is 27.3. The topological polar surface area (TPSA) is 16.4 Å². The first kappa shape index (κ1) is 31.4. The Morgan fingerprint density at radius 3 is 1.58 bits per heavy atom. The molecule has 10 aromatic rings. The second-order valence-corrected chi connectivity index (χ2v) is 14.4. The molecule has 0 fully saturated rings. The highest BCUT2D eigenvalue weighted by molar-refractivity contribution is 6.20. The molecule has 258 valence electrons. The van der Waals surface area contributed by atoms with Crippen molar-refractivity contribution < 1.29 is 4.42 Å². The molecule has 11 rings (SSSR count). The average Bonchev–Trinajstić information content (AvgIpc) is 3.80. The van der Waals surface area contributed by atoms with E-state index in [2.05, 4.69) is 217 Å². The second-order valence-electron chi connectivity index (χ2n) is 14.4. The van der Waals surface area contributed by atoms with Gasteiger partial charge in [-0.25, -0.2) is 0 Å². The van der Waals surface area contributed by atoms with Crippen molar-refractivity contribution in [2.24, 2.45) is 0 Å². The lowest BCUT2D eigenvalue weighted by Crippen LogP contribution is -2.29. The molecule has 0 amide bonds. The van der Waals surface area contributed by atoms with Crippen LogP contribution < -0.4 is 4.90 Å². The highest BCUT2D eigenvalue weighted by Gasteiger charge is 2.48. The van der Waals surface area contributed by atoms with Gasteiger partial charge in [0, 0.05) is 33.4 Å². The summed E-state index contributed by atoms with van der Waals surface area (Å²) < 4.78 is 6.99. The third kappa shape index (κ3) is 4.75. The minimum absolute atomic E-state index is 0.642. The predicted molar refractivity (Wildman–Crippen MR) is 229 cm³/mol. The summed E-state index contributed by atoms with van der Waals surface area (Å²) in [6, 6.07) is 76.8. The summed E-state index contributed by atoms with van der Waals surface area (Å²) in [7, 11) is 0. The molecule has 1 aliphatic rings. The van der Waals surface area contributed by atoms with E-state index in [9.17, 15) is 0 Å². The lowest BCUT2D eigenvalue weighted by Gasteiger charge is -2.34. The molecule has 0 N–H and O–H groups in total. The summed E-state index contributed by atoms with van der Waals surface area (Å²) in [5.41, 5.74) is 14.3. The van der Waals surface area contributed by atoms with Gasteiger partial charge in [-0.1, -0.05) is 164 Å². The van der Waals surface area contributed by atoms with Crippen LogP contribution in [0.4, 0.5) is 17.1 Å². The summed E-state index contributed by atoms with van der Waals surface area (Å²) in [4.78, 5) is 2.34. The van der Waals surface area contributed by atoms with Gasteiger partial charge in [0.25, 0.3) is 0 Å². The van der Waals surface area contributed by atoms with Crippen molar-refractivity contribution in [2.75, 3.05) is 4.90 Å². The van der Waals surface area contributed by atoms with E-state index in [0.717, 1.165) is 44.6 Å². The Hall–Kier alpha value is -7.16. The molecule has 2 nitrogen and oxygen atoms in total. The lowest BCUT2D eigenvalue weighted by atomic mass is 9.67. The van der Waals surface area contributed by atoms with E-state index in [1.54, 1.807) is 0 Å². The average molecular weight is 702 g/mol. The van der Waals surface area contributed by atoms with Crippen LogP contribution in [0, 0.1) is 0 Å². The van der Waals surface area contributed by atoms with Crippen LogP contribution in [0.1, 0.15) is 22.3 Å². The van der Waals surface area contributed by atoms with Gasteiger partial charge in [0.2, 0.25) is 0 Å². The Balaban J connectivity index is 1.16. The monoisotopic (exact) mass is 701 g/mol. The molecule has 1 aromatic heterocycles. The van der Waals surface area contributed by atoms with E-state index in [-0.39, 0.29) is 0 Å². The fourth-order valence-electron chi connectivity index (χ4n) is 9.16. The van der Waals surface area contributed by atoms with Crippen LogP contribution in [0.15, 0.2) is 217 Å². The normalized spacial score (nSPS) is 12.9. The van der Waals surface area contributed by atoms with Crippen LogP contribution in [0.25, 0.3) is 55.0 Å². The van der Waals surface area contributed by atoms with Crippen LogP contribution in [0.2, 0.25) is 0 Å². The maximum Gasteiger partial charge on any atom is 0.140 e. The number of fused-ring (bicyclic) bond motifs is 8. The van der Waals surface area contributed by atoms with Crippen LogP contribution >= 0.6 is 0 Å². The fraction of sp³-hybridized carbons (Fsp3) is 0.0189. The molecule has 0 aliphatic heterocycles. The van der Waals surface area contributed by atoms with Crippen molar-refractivity contribution in [3.63, 3.8) is 0 Å². The van der Waals surface area contributed by atoms with E-state index in [4.69, 9.17) is 4.42 Å². The zero-order valence-electron chi connectivity index (χ0n) is 30.1. The molecule has 2 heteroatoms. The molecule has 0 saturated heterocycles. The second kappa shape index (κ2) is 12.5. The van der Waals surface area contributed by atoms with Crippen LogP contribution in [-0.4, -0.2) is 0 Å². The Bertz CT molecular complexity index is 2970. The highest BCUT2D eigenvalue weighted by atomic mass is 16.3. The Morgan fingerprint density at radius 1 is 0.382 bits per heavy atom. The van der Waals surface area contributed by atoms with Gasteiger partial charge in [-0.2, -0.15) is 0 Å². The molecule has 0 bridgehead atoms. The standard InChI is InChI=1S/C53H35NO/c1-3-15-36(16-4-1)37-27-31-41(32-28-37)54(40-18-5-2-6-19-40)42-33-29-39(30-34-42)53(47-24-12-9-21-44(47)45-22-10-13-25-48(45)53)49-35-38-17-7-8-20-43(38)51-46-23-11-14-26-50(46)55-52(49)51/h1-35H. The first-order valence-corrected chi connectivity index (χ1v) is 18.9. The van der Waals surface area contributed by atoms with Crippen LogP contribution in [0.3, 0.4) is 0 Å². The zero-order chi connectivity index (χ0) is 36.3. The highest BCUT2D eigenvalue weighted by Crippen LogP contribution is 2.58. The minimum Gasteiger partial charge on any atom is -0.456 e. The lowest BCUT2D eigenvalue weighted by molar-refractivity contribution is 0.649. The summed E-state index contributed by atoms with van der Waals surface area (Å²) in [5.74, 6) is 0. The van der Waals surface area contributed by atoms with Crippen molar-refractivity contribution in [3.05, 3.63) is 235 Å². The molecule has 0 unspecified atom stereocenters. The number of hydrogen-bond acceptors (Lipinski definition) is 2. The van der Waals surface area contributed by atoms with Gasteiger partial charge >= 0.3 is 0 Å². The van der Waals surface area contributed by atoms with Gasteiger partial charge in [-0.3, -0.25) is 0 Å². The summed E-state index contributed by atoms with van der Waals surface area (Å²) in [5, 5.41) is 4.70. The molecule has 0 saturated carbocycles. The number of rotatable bonds is 6. The van der Waals surface area contributed by atoms with Crippen molar-refractivity contribution in [1.29, 1.82) is 0 Å². The van der Waals surface area contributed by atoms with Crippen molar-refractivity contribution >= 4 is 49.8 Å². The molecule has 55 heavy (non-hydrogen) atoms. The zero-order valence-corrected chi connectivity index (χ0v) is 30.1. The largest absolute Gasteiger partial charge is 0.456 e. The van der Waals surface area contributed by atoms with E-state index in [1.807, 2.05) is 0 Å². The third-order valence-electron chi connectivity index (χ3n) is 11.5. The van der Waals surface area contributed by atoms with Crippen molar-refractivity contribution in [1.82, 2.24) is 0 Å². The Labute approximate surface area is 320 Å². The van der Waals surface area contributed by atoms with Crippen molar-refractivity contribution in [2.45, 2.75) is 5.41 Å². The number of hydrogen-bond donors (Lipinski definition) is 0. The molecule has 1 heterocycles. The van der Waals surface area contributed by atoms with Crippen LogP contribution in [-0.2, 0) is 5.41 Å². The van der Waals surface area contributed by atoms with Gasteiger partial charge in [-0.15, -0.1) is 0 Å². The van der Waals surface area contributed by atoms with Gasteiger partial charge in [-0.05, 0) is 98.2 Å². The van der Waals surface area contributed by atoms with Gasteiger partial charge in [0.15, 0.2) is 0 Å². The number of anilines is 3. The molecule has 0 radical (unpaired) electrons. The van der Waals surface area contributed by atoms with E-state index in [1.165, 1.54) is 49.7 Å². The minimum atomic E-state index is -0.642. The van der Waals surface area contributed by atoms with Crippen LogP contribution in [0.5, 0.6) is 0 Å². The van der Waals surface area contributed by atoms with E-state index >= 15 is 0 Å². The maximum absolute atomic E-state index is 6.99. The first-order valence-electron chi connectivity index (χ1n) is 18.9. The molecule has 9 aromatic carbocycles. The van der Waals surface area contributed by atoms with Crippen molar-refractivity contribution in [3.8, 4) is 22.3 Å².